The van der Waals surface area contributed by atoms with Crippen molar-refractivity contribution in [2.75, 3.05) is 12.9 Å². The maximum atomic E-state index is 12.5. The van der Waals surface area contributed by atoms with Crippen LogP contribution < -0.4 is 5.32 Å². The molecule has 1 aliphatic rings. The summed E-state index contributed by atoms with van der Waals surface area (Å²) >= 11 is 0. The first kappa shape index (κ1) is 12.0. The van der Waals surface area contributed by atoms with Crippen molar-refractivity contribution in [3.63, 3.8) is 0 Å². The van der Waals surface area contributed by atoms with Crippen LogP contribution in [0.3, 0.4) is 0 Å². The van der Waals surface area contributed by atoms with Crippen LogP contribution in [-0.4, -0.2) is 33.3 Å². The Labute approximate surface area is 98.8 Å². The molecule has 17 heavy (non-hydrogen) atoms. The minimum atomic E-state index is -3.33. The Bertz CT molecular complexity index is 568. The van der Waals surface area contributed by atoms with Crippen LogP contribution in [0.2, 0.25) is 0 Å². The molecule has 1 unspecified atom stereocenters. The maximum Gasteiger partial charge on any atom is 0.251 e. The van der Waals surface area contributed by atoms with Crippen LogP contribution in [0.4, 0.5) is 4.39 Å². The highest BCUT2D eigenvalue weighted by atomic mass is 32.2. The normalized spacial score (nSPS) is 19.6. The number of benzene rings is 1. The molecule has 6 heteroatoms. The van der Waals surface area contributed by atoms with Gasteiger partial charge in [-0.05, 0) is 24.1 Å². The van der Waals surface area contributed by atoms with Gasteiger partial charge in [0.25, 0.3) is 5.91 Å². The predicted molar refractivity (Wildman–Crippen MR) is 60.5 cm³/mol. The Kier molecular flexibility index (Phi) is 2.91. The van der Waals surface area contributed by atoms with Crippen LogP contribution >= 0.6 is 0 Å². The van der Waals surface area contributed by atoms with E-state index in [4.69, 9.17) is 0 Å². The van der Waals surface area contributed by atoms with Gasteiger partial charge in [-0.15, -0.1) is 0 Å². The molecule has 1 N–H and O–H groups in total. The third kappa shape index (κ3) is 2.31. The summed E-state index contributed by atoms with van der Waals surface area (Å²) in [5, 5.41) is 2.49. The Hall–Kier alpha value is -1.43. The molecule has 4 nitrogen and oxygen atoms in total. The van der Waals surface area contributed by atoms with Gasteiger partial charge >= 0.3 is 0 Å². The first-order valence-electron chi connectivity index (χ1n) is 5.11. The number of nitrogens with one attached hydrogen (secondary N) is 1. The molecule has 1 heterocycles. The zero-order chi connectivity index (χ0) is 12.6. The van der Waals surface area contributed by atoms with Crippen molar-refractivity contribution in [2.45, 2.75) is 17.4 Å². The molecule has 1 aromatic rings. The Morgan fingerprint density at radius 3 is 2.76 bits per heavy atom. The number of alkyl halides is 1. The number of carbonyl (C=O) groups excluding carboxylic acids is 1. The highest BCUT2D eigenvalue weighted by Gasteiger charge is 2.25. The SMILES string of the molecule is CS(=O)(=O)c1ccc2c(c1)C(=O)NC(CF)C2. The van der Waals surface area contributed by atoms with E-state index >= 15 is 0 Å². The molecule has 92 valence electrons. The highest BCUT2D eigenvalue weighted by molar-refractivity contribution is 7.90. The largest absolute Gasteiger partial charge is 0.346 e. The van der Waals surface area contributed by atoms with Crippen molar-refractivity contribution in [1.29, 1.82) is 0 Å². The van der Waals surface area contributed by atoms with E-state index in [1.54, 1.807) is 6.07 Å². The Morgan fingerprint density at radius 1 is 1.47 bits per heavy atom. The van der Waals surface area contributed by atoms with E-state index in [-0.39, 0.29) is 4.90 Å². The van der Waals surface area contributed by atoms with Gasteiger partial charge in [-0.25, -0.2) is 12.8 Å². The molecule has 0 spiro atoms. The number of rotatable bonds is 2. The molecule has 0 aromatic heterocycles. The summed E-state index contributed by atoms with van der Waals surface area (Å²) in [4.78, 5) is 11.8. The summed E-state index contributed by atoms with van der Waals surface area (Å²) in [5.41, 5.74) is 1.00. The average molecular weight is 257 g/mol. The van der Waals surface area contributed by atoms with Gasteiger partial charge in [0.15, 0.2) is 9.84 Å². The second kappa shape index (κ2) is 4.10. The van der Waals surface area contributed by atoms with E-state index in [2.05, 4.69) is 5.32 Å². The number of hydrogen-bond donors (Lipinski definition) is 1. The topological polar surface area (TPSA) is 63.2 Å². The molecular weight excluding hydrogens is 245 g/mol. The molecule has 1 atom stereocenters. The van der Waals surface area contributed by atoms with Crippen LogP contribution in [0, 0.1) is 0 Å². The maximum absolute atomic E-state index is 12.5. The smallest absolute Gasteiger partial charge is 0.251 e. The number of fused-ring (bicyclic) bond motifs is 1. The van der Waals surface area contributed by atoms with Crippen molar-refractivity contribution in [3.8, 4) is 0 Å². The average Bonchev–Trinajstić information content (AvgIpc) is 2.27. The quantitative estimate of drug-likeness (QED) is 0.849. The number of carbonyl (C=O) groups is 1. The van der Waals surface area contributed by atoms with Crippen LogP contribution in [0.5, 0.6) is 0 Å². The summed E-state index contributed by atoms with van der Waals surface area (Å²) in [6.07, 6.45) is 1.47. The zero-order valence-electron chi connectivity index (χ0n) is 9.23. The molecule has 0 saturated carbocycles. The van der Waals surface area contributed by atoms with E-state index in [0.717, 1.165) is 6.26 Å². The van der Waals surface area contributed by atoms with Gasteiger partial charge in [-0.3, -0.25) is 4.79 Å². The lowest BCUT2D eigenvalue weighted by Crippen LogP contribution is -2.42. The Morgan fingerprint density at radius 2 is 2.18 bits per heavy atom. The second-order valence-corrected chi connectivity index (χ2v) is 6.14. The van der Waals surface area contributed by atoms with Crippen LogP contribution in [0.1, 0.15) is 15.9 Å². The predicted octanol–water partition coefficient (Wildman–Crippen LogP) is 0.714. The van der Waals surface area contributed by atoms with Gasteiger partial charge < -0.3 is 5.32 Å². The van der Waals surface area contributed by atoms with Crippen molar-refractivity contribution in [1.82, 2.24) is 5.32 Å². The van der Waals surface area contributed by atoms with Crippen molar-refractivity contribution < 1.29 is 17.6 Å². The second-order valence-electron chi connectivity index (χ2n) is 4.12. The minimum Gasteiger partial charge on any atom is -0.346 e. The number of hydrogen-bond acceptors (Lipinski definition) is 3. The molecule has 1 amide bonds. The van der Waals surface area contributed by atoms with Crippen LogP contribution in [0.25, 0.3) is 0 Å². The monoisotopic (exact) mass is 257 g/mol. The lowest BCUT2D eigenvalue weighted by Gasteiger charge is -2.23. The van der Waals surface area contributed by atoms with Gasteiger partial charge in [0.05, 0.1) is 10.9 Å². The van der Waals surface area contributed by atoms with Crippen molar-refractivity contribution >= 4 is 15.7 Å². The summed E-state index contributed by atoms with van der Waals surface area (Å²) in [5.74, 6) is -0.417. The van der Waals surface area contributed by atoms with Gasteiger partial charge in [0.2, 0.25) is 0 Å². The number of amides is 1. The number of sulfone groups is 1. The molecule has 2 rings (SSSR count). The third-order valence-electron chi connectivity index (χ3n) is 2.74. The molecule has 1 aromatic carbocycles. The standard InChI is InChI=1S/C11H12FNO3S/c1-17(15,16)9-3-2-7-4-8(6-12)13-11(14)10(7)5-9/h2-3,5,8H,4,6H2,1H3,(H,13,14). The van der Waals surface area contributed by atoms with E-state index < -0.39 is 28.5 Å². The molecular formula is C11H12FNO3S. The molecule has 0 fully saturated rings. The van der Waals surface area contributed by atoms with Gasteiger partial charge in [-0.2, -0.15) is 0 Å². The Balaban J connectivity index is 2.48. The lowest BCUT2D eigenvalue weighted by molar-refractivity contribution is 0.0917. The summed E-state index contributed by atoms with van der Waals surface area (Å²) in [6, 6.07) is 3.85. The number of halogens is 1. The summed E-state index contributed by atoms with van der Waals surface area (Å²) in [7, 11) is -3.33. The molecule has 0 bridgehead atoms. The van der Waals surface area contributed by atoms with E-state index in [1.165, 1.54) is 12.1 Å². The first-order valence-corrected chi connectivity index (χ1v) is 7.01. The van der Waals surface area contributed by atoms with E-state index in [1.807, 2.05) is 0 Å². The van der Waals surface area contributed by atoms with Crippen LogP contribution in [-0.2, 0) is 16.3 Å². The van der Waals surface area contributed by atoms with E-state index in [9.17, 15) is 17.6 Å². The van der Waals surface area contributed by atoms with Crippen molar-refractivity contribution in [3.05, 3.63) is 29.3 Å². The summed E-state index contributed by atoms with van der Waals surface area (Å²) in [6.45, 7) is -0.626. The fourth-order valence-electron chi connectivity index (χ4n) is 1.85. The van der Waals surface area contributed by atoms with Gasteiger partial charge in [-0.1, -0.05) is 6.07 Å². The van der Waals surface area contributed by atoms with Gasteiger partial charge in [0.1, 0.15) is 6.67 Å². The third-order valence-corrected chi connectivity index (χ3v) is 3.85. The first-order chi connectivity index (χ1) is 7.91. The highest BCUT2D eigenvalue weighted by Crippen LogP contribution is 2.21. The fraction of sp³-hybridized carbons (Fsp3) is 0.364. The molecule has 0 radical (unpaired) electrons. The van der Waals surface area contributed by atoms with Gasteiger partial charge in [0, 0.05) is 11.8 Å². The summed E-state index contributed by atoms with van der Waals surface area (Å²) < 4.78 is 35.2. The van der Waals surface area contributed by atoms with Crippen LogP contribution in [0.15, 0.2) is 23.1 Å². The molecule has 0 aliphatic carbocycles. The lowest BCUT2D eigenvalue weighted by atomic mass is 9.96. The molecule has 0 saturated heterocycles. The minimum absolute atomic E-state index is 0.102. The molecule has 1 aliphatic heterocycles. The fourth-order valence-corrected chi connectivity index (χ4v) is 2.50. The van der Waals surface area contributed by atoms with Crippen molar-refractivity contribution in [2.24, 2.45) is 0 Å². The zero-order valence-corrected chi connectivity index (χ0v) is 10.1. The van der Waals surface area contributed by atoms with E-state index in [0.29, 0.717) is 17.5 Å².